The van der Waals surface area contributed by atoms with E-state index in [9.17, 15) is 4.79 Å². The Hall–Kier alpha value is -1.55. The molecular formula is C18H26N2O2. The highest BCUT2D eigenvalue weighted by Crippen LogP contribution is 2.50. The van der Waals surface area contributed by atoms with Gasteiger partial charge < -0.3 is 15.8 Å². The molecule has 3 rings (SSSR count). The van der Waals surface area contributed by atoms with Crippen LogP contribution in [0.5, 0.6) is 5.75 Å². The van der Waals surface area contributed by atoms with Crippen molar-refractivity contribution in [3.8, 4) is 5.75 Å². The van der Waals surface area contributed by atoms with E-state index in [0.29, 0.717) is 6.54 Å². The predicted molar refractivity (Wildman–Crippen MR) is 88.4 cm³/mol. The first-order valence-corrected chi connectivity index (χ1v) is 8.30. The van der Waals surface area contributed by atoms with Crippen molar-refractivity contribution in [2.75, 3.05) is 11.9 Å². The molecule has 0 aromatic heterocycles. The smallest absolute Gasteiger partial charge is 0.234 e. The number of rotatable bonds is 5. The number of hydrogen-bond donors (Lipinski definition) is 2. The minimum absolute atomic E-state index is 0.0377. The summed E-state index contributed by atoms with van der Waals surface area (Å²) in [5.41, 5.74) is 8.29. The molecule has 1 atom stereocenters. The Labute approximate surface area is 132 Å². The Morgan fingerprint density at radius 2 is 2.09 bits per heavy atom. The van der Waals surface area contributed by atoms with Crippen LogP contribution in [0.25, 0.3) is 0 Å². The molecular weight excluding hydrogens is 276 g/mol. The summed E-state index contributed by atoms with van der Waals surface area (Å²) in [4.78, 5) is 12.2. The van der Waals surface area contributed by atoms with Crippen molar-refractivity contribution < 1.29 is 9.53 Å². The van der Waals surface area contributed by atoms with Crippen molar-refractivity contribution in [2.24, 2.45) is 5.73 Å². The molecule has 2 aliphatic heterocycles. The summed E-state index contributed by atoms with van der Waals surface area (Å²) in [6.07, 6.45) is 5.34. The normalized spacial score (nSPS) is 24.6. The van der Waals surface area contributed by atoms with Crippen LogP contribution < -0.4 is 15.8 Å². The van der Waals surface area contributed by atoms with Gasteiger partial charge in [0.2, 0.25) is 5.91 Å². The second-order valence-corrected chi connectivity index (χ2v) is 7.18. The van der Waals surface area contributed by atoms with Crippen LogP contribution in [-0.2, 0) is 16.6 Å². The van der Waals surface area contributed by atoms with Crippen molar-refractivity contribution in [1.29, 1.82) is 0 Å². The van der Waals surface area contributed by atoms with Gasteiger partial charge in [-0.3, -0.25) is 4.79 Å². The minimum Gasteiger partial charge on any atom is -0.485 e. The summed E-state index contributed by atoms with van der Waals surface area (Å²) < 4.78 is 6.40. The Kier molecular flexibility index (Phi) is 3.68. The number of nitrogens with one attached hydrogen (secondary N) is 1. The van der Waals surface area contributed by atoms with Crippen LogP contribution in [0.1, 0.15) is 57.6 Å². The van der Waals surface area contributed by atoms with E-state index in [1.807, 2.05) is 19.9 Å². The van der Waals surface area contributed by atoms with E-state index in [1.54, 1.807) is 0 Å². The first kappa shape index (κ1) is 15.3. The van der Waals surface area contributed by atoms with Crippen LogP contribution in [0.3, 0.4) is 0 Å². The molecule has 0 saturated carbocycles. The number of amides is 1. The monoisotopic (exact) mass is 302 g/mol. The van der Waals surface area contributed by atoms with Gasteiger partial charge in [0.1, 0.15) is 11.4 Å². The summed E-state index contributed by atoms with van der Waals surface area (Å²) in [6.45, 7) is 6.63. The number of unbranched alkanes of at least 4 members (excludes halogenated alkanes) is 2. The number of anilines is 1. The second kappa shape index (κ2) is 5.27. The molecule has 2 aliphatic rings. The maximum atomic E-state index is 12.2. The number of hydrogen-bond acceptors (Lipinski definition) is 3. The summed E-state index contributed by atoms with van der Waals surface area (Å²) in [6, 6.07) is 4.08. The molecule has 0 saturated heterocycles. The van der Waals surface area contributed by atoms with Gasteiger partial charge >= 0.3 is 0 Å². The highest BCUT2D eigenvalue weighted by molar-refractivity contribution is 6.06. The van der Waals surface area contributed by atoms with Crippen molar-refractivity contribution in [3.63, 3.8) is 0 Å². The topological polar surface area (TPSA) is 64.3 Å². The van der Waals surface area contributed by atoms with Gasteiger partial charge in [-0.25, -0.2) is 0 Å². The third-order valence-corrected chi connectivity index (χ3v) is 5.12. The lowest BCUT2D eigenvalue weighted by Gasteiger charge is -2.28. The fraction of sp³-hybridized carbons (Fsp3) is 0.611. The van der Waals surface area contributed by atoms with Crippen molar-refractivity contribution in [2.45, 2.75) is 63.9 Å². The number of nitrogens with two attached hydrogens (primary N) is 1. The van der Waals surface area contributed by atoms with Gasteiger partial charge in [-0.1, -0.05) is 25.8 Å². The van der Waals surface area contributed by atoms with E-state index in [0.717, 1.165) is 36.3 Å². The van der Waals surface area contributed by atoms with Gasteiger partial charge in [0.15, 0.2) is 0 Å². The van der Waals surface area contributed by atoms with Gasteiger partial charge in [0.25, 0.3) is 0 Å². The van der Waals surface area contributed by atoms with Crippen LogP contribution in [0, 0.1) is 0 Å². The molecule has 120 valence electrons. The molecule has 4 heteroatoms. The summed E-state index contributed by atoms with van der Waals surface area (Å²) in [5, 5.41) is 2.96. The van der Waals surface area contributed by atoms with Gasteiger partial charge in [0.05, 0.1) is 5.41 Å². The molecule has 1 amide bonds. The third-order valence-electron chi connectivity index (χ3n) is 5.12. The summed E-state index contributed by atoms with van der Waals surface area (Å²) in [7, 11) is 0. The number of carbonyl (C=O) groups is 1. The molecule has 0 radical (unpaired) electrons. The highest BCUT2D eigenvalue weighted by atomic mass is 16.5. The largest absolute Gasteiger partial charge is 0.485 e. The maximum Gasteiger partial charge on any atom is 0.234 e. The molecule has 0 spiro atoms. The molecule has 0 fully saturated rings. The van der Waals surface area contributed by atoms with Gasteiger partial charge in [-0.05, 0) is 38.3 Å². The molecule has 4 nitrogen and oxygen atoms in total. The summed E-state index contributed by atoms with van der Waals surface area (Å²) >= 11 is 0. The lowest BCUT2D eigenvalue weighted by atomic mass is 9.84. The lowest BCUT2D eigenvalue weighted by molar-refractivity contribution is -0.119. The lowest BCUT2D eigenvalue weighted by Crippen LogP contribution is -2.42. The van der Waals surface area contributed by atoms with Gasteiger partial charge in [0, 0.05) is 24.2 Å². The molecule has 2 heterocycles. The first-order valence-electron chi connectivity index (χ1n) is 8.30. The van der Waals surface area contributed by atoms with Crippen molar-refractivity contribution >= 4 is 11.6 Å². The van der Waals surface area contributed by atoms with Crippen LogP contribution >= 0.6 is 0 Å². The van der Waals surface area contributed by atoms with E-state index in [-0.39, 0.29) is 11.5 Å². The number of ether oxygens (including phenoxy) is 1. The quantitative estimate of drug-likeness (QED) is 0.821. The van der Waals surface area contributed by atoms with Crippen molar-refractivity contribution in [1.82, 2.24) is 0 Å². The standard InChI is InChI=1S/C18H26N2O2/c1-4-5-6-9-18(11-19)10-12-7-8-13-14(15(12)22-18)17(2,3)16(21)20-13/h7-8H,4-6,9-11,19H2,1-3H3,(H,20,21). The van der Waals surface area contributed by atoms with Gasteiger partial charge in [-0.2, -0.15) is 0 Å². The number of fused-ring (bicyclic) bond motifs is 3. The molecule has 3 N–H and O–H groups in total. The summed E-state index contributed by atoms with van der Waals surface area (Å²) in [5.74, 6) is 0.929. The minimum atomic E-state index is -0.547. The maximum absolute atomic E-state index is 12.2. The molecule has 0 aliphatic carbocycles. The average Bonchev–Trinajstić information content (AvgIpc) is 2.95. The van der Waals surface area contributed by atoms with Crippen LogP contribution in [0.15, 0.2) is 12.1 Å². The van der Waals surface area contributed by atoms with E-state index in [4.69, 9.17) is 10.5 Å². The van der Waals surface area contributed by atoms with Crippen molar-refractivity contribution in [3.05, 3.63) is 23.3 Å². The van der Waals surface area contributed by atoms with E-state index in [2.05, 4.69) is 18.3 Å². The Morgan fingerprint density at radius 3 is 2.77 bits per heavy atom. The average molecular weight is 302 g/mol. The molecule has 22 heavy (non-hydrogen) atoms. The van der Waals surface area contributed by atoms with Crippen LogP contribution in [-0.4, -0.2) is 18.1 Å². The van der Waals surface area contributed by atoms with Crippen LogP contribution in [0.4, 0.5) is 5.69 Å². The van der Waals surface area contributed by atoms with Gasteiger partial charge in [-0.15, -0.1) is 0 Å². The second-order valence-electron chi connectivity index (χ2n) is 7.18. The SMILES string of the molecule is CCCCCC1(CN)Cc2ccc3c(c2O1)C(C)(C)C(=O)N3. The molecule has 0 bridgehead atoms. The Bertz CT molecular complexity index is 609. The number of benzene rings is 1. The third kappa shape index (κ3) is 2.21. The van der Waals surface area contributed by atoms with E-state index < -0.39 is 5.41 Å². The predicted octanol–water partition coefficient (Wildman–Crippen LogP) is 3.13. The Balaban J connectivity index is 1.94. The number of carbonyl (C=O) groups excluding carboxylic acids is 1. The fourth-order valence-corrected chi connectivity index (χ4v) is 3.65. The fourth-order valence-electron chi connectivity index (χ4n) is 3.65. The zero-order valence-electron chi connectivity index (χ0n) is 13.8. The zero-order valence-corrected chi connectivity index (χ0v) is 13.8. The molecule has 1 aromatic carbocycles. The van der Waals surface area contributed by atoms with Crippen LogP contribution in [0.2, 0.25) is 0 Å². The van der Waals surface area contributed by atoms with E-state index in [1.165, 1.54) is 18.4 Å². The highest BCUT2D eigenvalue weighted by Gasteiger charge is 2.46. The molecule has 1 unspecified atom stereocenters. The van der Waals surface area contributed by atoms with E-state index >= 15 is 0 Å². The zero-order chi connectivity index (χ0) is 16.0. The Morgan fingerprint density at radius 1 is 1.32 bits per heavy atom. The molecule has 1 aromatic rings. The first-order chi connectivity index (χ1) is 10.4.